The molecule has 2 rings (SSSR count). The smallest absolute Gasteiger partial charge is 0.129 e. The van der Waals surface area contributed by atoms with Crippen LogP contribution < -0.4 is 0 Å². The lowest BCUT2D eigenvalue weighted by Crippen LogP contribution is -2.16. The quantitative estimate of drug-likeness (QED) is 0.892. The Morgan fingerprint density at radius 1 is 1.35 bits per heavy atom. The molecule has 0 fully saturated rings. The molecule has 0 radical (unpaired) electrons. The van der Waals surface area contributed by atoms with Crippen LogP contribution in [-0.4, -0.2) is 25.2 Å². The Labute approximate surface area is 114 Å². The van der Waals surface area contributed by atoms with Crippen LogP contribution in [0.5, 0.6) is 0 Å². The summed E-state index contributed by atoms with van der Waals surface area (Å²) in [7, 11) is 0. The summed E-state index contributed by atoms with van der Waals surface area (Å²) in [6, 6.07) is 2.87. The fourth-order valence-corrected chi connectivity index (χ4v) is 1.71. The van der Waals surface area contributed by atoms with Crippen LogP contribution in [0.2, 0.25) is 0 Å². The number of aliphatic hydroxyl groups is 2. The summed E-state index contributed by atoms with van der Waals surface area (Å²) >= 11 is 0. The second-order valence-corrected chi connectivity index (χ2v) is 5.07. The average molecular weight is 283 g/mol. The van der Waals surface area contributed by atoms with E-state index in [0.717, 1.165) is 18.2 Å². The Hall–Kier alpha value is -1.86. The first-order valence-electron chi connectivity index (χ1n) is 6.03. The van der Waals surface area contributed by atoms with E-state index in [9.17, 15) is 19.0 Å². The van der Waals surface area contributed by atoms with Crippen molar-refractivity contribution in [1.29, 1.82) is 0 Å². The minimum atomic E-state index is -1.26. The molecule has 0 aliphatic heterocycles. The highest BCUT2D eigenvalue weighted by Crippen LogP contribution is 2.21. The summed E-state index contributed by atoms with van der Waals surface area (Å²) in [5.74, 6) is -1.32. The van der Waals surface area contributed by atoms with Crippen molar-refractivity contribution in [1.82, 2.24) is 15.0 Å². The van der Waals surface area contributed by atoms with Gasteiger partial charge >= 0.3 is 0 Å². The summed E-state index contributed by atoms with van der Waals surface area (Å²) in [4.78, 5) is 0. The predicted molar refractivity (Wildman–Crippen MR) is 66.6 cm³/mol. The lowest BCUT2D eigenvalue weighted by Gasteiger charge is -2.13. The molecule has 0 amide bonds. The molecule has 1 unspecified atom stereocenters. The van der Waals surface area contributed by atoms with Crippen molar-refractivity contribution in [3.8, 4) is 0 Å². The second-order valence-electron chi connectivity index (χ2n) is 5.07. The van der Waals surface area contributed by atoms with Crippen LogP contribution in [0.4, 0.5) is 8.78 Å². The average Bonchev–Trinajstić information content (AvgIpc) is 2.80. The van der Waals surface area contributed by atoms with Crippen molar-refractivity contribution in [3.63, 3.8) is 0 Å². The molecule has 1 heterocycles. The van der Waals surface area contributed by atoms with E-state index in [1.807, 2.05) is 0 Å². The molecule has 1 aromatic heterocycles. The SMILES string of the molecule is CC(C)(O)c1cn(CC(O)c2cc(F)ccc2F)nn1. The number of hydrogen-bond acceptors (Lipinski definition) is 4. The molecule has 0 saturated heterocycles. The molecule has 0 saturated carbocycles. The Morgan fingerprint density at radius 3 is 2.65 bits per heavy atom. The van der Waals surface area contributed by atoms with Crippen LogP contribution in [0, 0.1) is 11.6 Å². The standard InChI is InChI=1S/C13H15F2N3O2/c1-13(2,20)12-7-18(17-16-12)6-11(19)9-5-8(14)3-4-10(9)15/h3-5,7,11,19-20H,6H2,1-2H3. The van der Waals surface area contributed by atoms with Gasteiger partial charge in [-0.25, -0.2) is 13.5 Å². The summed E-state index contributed by atoms with van der Waals surface area (Å²) in [6.07, 6.45) is 0.183. The van der Waals surface area contributed by atoms with E-state index in [2.05, 4.69) is 10.3 Å². The number of aliphatic hydroxyl groups excluding tert-OH is 1. The number of nitrogens with zero attached hydrogens (tertiary/aromatic N) is 3. The topological polar surface area (TPSA) is 71.2 Å². The highest BCUT2D eigenvalue weighted by molar-refractivity contribution is 5.21. The van der Waals surface area contributed by atoms with Gasteiger partial charge in [-0.1, -0.05) is 5.21 Å². The zero-order valence-electron chi connectivity index (χ0n) is 11.1. The zero-order valence-corrected chi connectivity index (χ0v) is 11.1. The summed E-state index contributed by atoms with van der Waals surface area (Å²) in [5.41, 5.74) is -0.984. The Kier molecular flexibility index (Phi) is 3.82. The number of benzene rings is 1. The van der Waals surface area contributed by atoms with Gasteiger partial charge in [0.05, 0.1) is 12.7 Å². The van der Waals surface area contributed by atoms with Gasteiger partial charge < -0.3 is 10.2 Å². The summed E-state index contributed by atoms with van der Waals surface area (Å²) in [6.45, 7) is 3.00. The van der Waals surface area contributed by atoms with Gasteiger partial charge in [0.1, 0.15) is 29.0 Å². The van der Waals surface area contributed by atoms with E-state index in [1.54, 1.807) is 13.8 Å². The maximum atomic E-state index is 13.5. The molecule has 1 atom stereocenters. The monoisotopic (exact) mass is 283 g/mol. The molecule has 108 valence electrons. The van der Waals surface area contributed by atoms with Crippen molar-refractivity contribution >= 4 is 0 Å². The molecule has 2 aromatic rings. The molecule has 2 N–H and O–H groups in total. The number of aromatic nitrogens is 3. The third-order valence-electron chi connectivity index (χ3n) is 2.84. The maximum Gasteiger partial charge on any atom is 0.129 e. The Bertz CT molecular complexity index is 608. The van der Waals surface area contributed by atoms with Crippen molar-refractivity contribution in [3.05, 3.63) is 47.3 Å². The first-order chi connectivity index (χ1) is 9.27. The first-order valence-corrected chi connectivity index (χ1v) is 6.03. The van der Waals surface area contributed by atoms with Crippen LogP contribution in [0.15, 0.2) is 24.4 Å². The molecule has 20 heavy (non-hydrogen) atoms. The highest BCUT2D eigenvalue weighted by atomic mass is 19.1. The molecule has 1 aromatic carbocycles. The predicted octanol–water partition coefficient (Wildman–Crippen LogP) is 1.52. The van der Waals surface area contributed by atoms with E-state index in [0.29, 0.717) is 5.69 Å². The second kappa shape index (κ2) is 5.26. The summed E-state index contributed by atoms with van der Waals surface area (Å²) in [5, 5.41) is 27.2. The van der Waals surface area contributed by atoms with Crippen LogP contribution >= 0.6 is 0 Å². The third-order valence-corrected chi connectivity index (χ3v) is 2.84. The first kappa shape index (κ1) is 14.5. The van der Waals surface area contributed by atoms with Crippen molar-refractivity contribution in [2.45, 2.75) is 32.1 Å². The molecular formula is C13H15F2N3O2. The lowest BCUT2D eigenvalue weighted by atomic mass is 10.1. The fraction of sp³-hybridized carbons (Fsp3) is 0.385. The normalized spacial score (nSPS) is 13.5. The molecular weight excluding hydrogens is 268 g/mol. The highest BCUT2D eigenvalue weighted by Gasteiger charge is 2.21. The number of hydrogen-bond donors (Lipinski definition) is 2. The largest absolute Gasteiger partial charge is 0.386 e. The van der Waals surface area contributed by atoms with Crippen molar-refractivity contribution < 1.29 is 19.0 Å². The van der Waals surface area contributed by atoms with Gasteiger partial charge in [0, 0.05) is 5.56 Å². The van der Waals surface area contributed by atoms with Gasteiger partial charge in [0.2, 0.25) is 0 Å². The van der Waals surface area contributed by atoms with E-state index < -0.39 is 23.3 Å². The van der Waals surface area contributed by atoms with Gasteiger partial charge in [-0.3, -0.25) is 0 Å². The fourth-order valence-electron chi connectivity index (χ4n) is 1.71. The van der Waals surface area contributed by atoms with Gasteiger partial charge in [-0.15, -0.1) is 5.10 Å². The van der Waals surface area contributed by atoms with Gasteiger partial charge in [0.15, 0.2) is 0 Å². The van der Waals surface area contributed by atoms with Gasteiger partial charge in [-0.2, -0.15) is 0 Å². The summed E-state index contributed by atoms with van der Waals surface area (Å²) < 4.78 is 27.8. The van der Waals surface area contributed by atoms with E-state index in [4.69, 9.17) is 0 Å². The van der Waals surface area contributed by atoms with Crippen LogP contribution in [0.3, 0.4) is 0 Å². The van der Waals surface area contributed by atoms with Crippen LogP contribution in [0.25, 0.3) is 0 Å². The third kappa shape index (κ3) is 3.17. The van der Waals surface area contributed by atoms with Crippen LogP contribution in [0.1, 0.15) is 31.2 Å². The minimum Gasteiger partial charge on any atom is -0.386 e. The van der Waals surface area contributed by atoms with Gasteiger partial charge in [0.25, 0.3) is 0 Å². The molecule has 0 aliphatic rings. The lowest BCUT2D eigenvalue weighted by molar-refractivity contribution is 0.0736. The molecule has 5 nitrogen and oxygen atoms in total. The Balaban J connectivity index is 2.17. The van der Waals surface area contributed by atoms with Crippen LogP contribution in [-0.2, 0) is 12.1 Å². The molecule has 0 aliphatic carbocycles. The van der Waals surface area contributed by atoms with Gasteiger partial charge in [-0.05, 0) is 32.0 Å². The van der Waals surface area contributed by atoms with Crippen molar-refractivity contribution in [2.24, 2.45) is 0 Å². The zero-order chi connectivity index (χ0) is 14.9. The molecule has 0 bridgehead atoms. The van der Waals surface area contributed by atoms with E-state index >= 15 is 0 Å². The number of rotatable bonds is 4. The van der Waals surface area contributed by atoms with E-state index in [1.165, 1.54) is 10.9 Å². The molecule has 7 heteroatoms. The number of halogens is 2. The van der Waals surface area contributed by atoms with E-state index in [-0.39, 0.29) is 12.1 Å². The van der Waals surface area contributed by atoms with Crippen molar-refractivity contribution in [2.75, 3.05) is 0 Å². The molecule has 0 spiro atoms. The minimum absolute atomic E-state index is 0.0938. The maximum absolute atomic E-state index is 13.5. The Morgan fingerprint density at radius 2 is 2.05 bits per heavy atom.